The molecule has 5 aliphatic carbocycles. The molecule has 5 aliphatic rings. The normalized spacial score (nSPS) is 37.7. The van der Waals surface area contributed by atoms with Gasteiger partial charge in [-0.3, -0.25) is 19.4 Å². The van der Waals surface area contributed by atoms with Gasteiger partial charge in [0.25, 0.3) is 0 Å². The van der Waals surface area contributed by atoms with Gasteiger partial charge in [-0.1, -0.05) is 46.8 Å². The summed E-state index contributed by atoms with van der Waals surface area (Å²) in [5.41, 5.74) is 3.91. The van der Waals surface area contributed by atoms with Gasteiger partial charge in [0, 0.05) is 17.8 Å². The Morgan fingerprint density at radius 3 is 2.15 bits per heavy atom. The van der Waals surface area contributed by atoms with Gasteiger partial charge in [0.2, 0.25) is 11.8 Å². The molecule has 1 aromatic heterocycles. The predicted molar refractivity (Wildman–Crippen MR) is 207 cm³/mol. The van der Waals surface area contributed by atoms with E-state index in [2.05, 4.69) is 68.7 Å². The van der Waals surface area contributed by atoms with Crippen molar-refractivity contribution in [2.75, 3.05) is 19.7 Å². The molecule has 298 valence electrons. The van der Waals surface area contributed by atoms with Crippen molar-refractivity contribution in [3.8, 4) is 0 Å². The lowest BCUT2D eigenvalue weighted by atomic mass is 9.32. The van der Waals surface area contributed by atoms with E-state index in [1.165, 1.54) is 25.3 Å². The number of ether oxygens (including phenoxy) is 2. The third kappa shape index (κ3) is 6.59. The van der Waals surface area contributed by atoms with Crippen LogP contribution in [0.4, 0.5) is 0 Å². The van der Waals surface area contributed by atoms with Crippen LogP contribution in [-0.2, 0) is 23.9 Å². The van der Waals surface area contributed by atoms with Crippen LogP contribution in [0.2, 0.25) is 0 Å². The van der Waals surface area contributed by atoms with E-state index in [1.54, 1.807) is 0 Å². The molecule has 0 unspecified atom stereocenters. The second-order valence-corrected chi connectivity index (χ2v) is 19.5. The number of carbonyl (C=O) groups excluding carboxylic acids is 4. The molecule has 0 aliphatic heterocycles. The van der Waals surface area contributed by atoms with E-state index in [4.69, 9.17) is 9.47 Å². The Kier molecular flexibility index (Phi) is 10.7. The van der Waals surface area contributed by atoms with Crippen LogP contribution in [0.25, 0.3) is 0 Å². The fourth-order valence-corrected chi connectivity index (χ4v) is 13.5. The molecule has 5 saturated carbocycles. The summed E-state index contributed by atoms with van der Waals surface area (Å²) >= 11 is 0. The van der Waals surface area contributed by atoms with Gasteiger partial charge >= 0.3 is 11.9 Å². The molecule has 2 amide bonds. The number of aromatic nitrogens is 2. The van der Waals surface area contributed by atoms with Crippen LogP contribution in [0.15, 0.2) is 12.2 Å². The number of nitrogens with one attached hydrogen (secondary N) is 2. The molecule has 0 aromatic carbocycles. The topological polar surface area (TPSA) is 137 Å². The average molecular weight is 747 g/mol. The molecule has 5 fully saturated rings. The number of fused-ring (bicyclic) bond motifs is 7. The first-order chi connectivity index (χ1) is 25.2. The zero-order valence-corrected chi connectivity index (χ0v) is 34.7. The number of esters is 2. The van der Waals surface area contributed by atoms with Gasteiger partial charge in [-0.05, 0) is 138 Å². The zero-order chi connectivity index (χ0) is 39.6. The van der Waals surface area contributed by atoms with Crippen LogP contribution >= 0.6 is 0 Å². The predicted octanol–water partition coefficient (Wildman–Crippen LogP) is 7.38. The lowest BCUT2D eigenvalue weighted by Gasteiger charge is -2.73. The Morgan fingerprint density at radius 1 is 0.759 bits per heavy atom. The summed E-state index contributed by atoms with van der Waals surface area (Å²) in [6.45, 7) is 26.1. The maximum Gasteiger partial charge on any atom is 0.358 e. The first-order valence-corrected chi connectivity index (χ1v) is 20.5. The summed E-state index contributed by atoms with van der Waals surface area (Å²) in [7, 11) is 0. The van der Waals surface area contributed by atoms with Gasteiger partial charge < -0.3 is 20.1 Å². The zero-order valence-electron chi connectivity index (χ0n) is 34.7. The molecule has 54 heavy (non-hydrogen) atoms. The van der Waals surface area contributed by atoms with Crippen molar-refractivity contribution in [2.45, 2.75) is 140 Å². The molecule has 6 rings (SSSR count). The van der Waals surface area contributed by atoms with Crippen LogP contribution in [0.5, 0.6) is 0 Å². The first-order valence-electron chi connectivity index (χ1n) is 20.5. The van der Waals surface area contributed by atoms with Crippen molar-refractivity contribution in [2.24, 2.45) is 56.7 Å². The van der Waals surface area contributed by atoms with Gasteiger partial charge in [-0.15, -0.1) is 0 Å². The van der Waals surface area contributed by atoms with Crippen molar-refractivity contribution in [3.05, 3.63) is 34.9 Å². The Hall–Kier alpha value is -3.30. The molecule has 10 atom stereocenters. The minimum atomic E-state index is -0.432. The number of hydrogen-bond donors (Lipinski definition) is 2. The molecular weight excluding hydrogens is 681 g/mol. The van der Waals surface area contributed by atoms with E-state index in [-0.39, 0.29) is 58.1 Å². The summed E-state index contributed by atoms with van der Waals surface area (Å²) in [4.78, 5) is 59.0. The number of amides is 2. The highest BCUT2D eigenvalue weighted by atomic mass is 16.5. The lowest BCUT2D eigenvalue weighted by Crippen LogP contribution is -2.67. The van der Waals surface area contributed by atoms with E-state index in [9.17, 15) is 19.2 Å². The average Bonchev–Trinajstić information content (AvgIpc) is 3.49. The van der Waals surface area contributed by atoms with Crippen molar-refractivity contribution < 1.29 is 28.7 Å². The van der Waals surface area contributed by atoms with Crippen LogP contribution in [0.3, 0.4) is 0 Å². The lowest BCUT2D eigenvalue weighted by molar-refractivity contribution is -0.251. The molecule has 10 heteroatoms. The van der Waals surface area contributed by atoms with E-state index in [0.717, 1.165) is 62.8 Å². The molecule has 0 bridgehead atoms. The van der Waals surface area contributed by atoms with Crippen molar-refractivity contribution in [1.29, 1.82) is 0 Å². The van der Waals surface area contributed by atoms with Crippen LogP contribution in [0.1, 0.15) is 140 Å². The molecule has 2 N–H and O–H groups in total. The van der Waals surface area contributed by atoms with Gasteiger partial charge in [0.1, 0.15) is 12.6 Å². The van der Waals surface area contributed by atoms with Crippen molar-refractivity contribution in [1.82, 2.24) is 20.6 Å². The Morgan fingerprint density at radius 2 is 1.46 bits per heavy atom. The van der Waals surface area contributed by atoms with Crippen LogP contribution in [0, 0.1) is 77.4 Å². The standard InChI is InChI=1S/C44H66N4O6/c1-25(2)30-14-19-44(24-53-39(52)38-28(5)47-26(3)27(4)48-38)21-20-42(10)31(37(30)44)12-13-33-41(9)17-16-34(40(7,8)32(41)15-18-43(33,42)11)54-36(51)23-46-35(50)22-45-29(6)49/h30-34,37H,1,12-24H2,2-11H3,(H,45,49)(H,46,50)/t30-,31+,32-,33+,34-,37+,41-,42+,43+,44+/m0/s1. The monoisotopic (exact) mass is 746 g/mol. The number of aryl methyl sites for hydroxylation is 3. The first kappa shape index (κ1) is 40.4. The Balaban J connectivity index is 1.19. The van der Waals surface area contributed by atoms with E-state index < -0.39 is 11.9 Å². The Bertz CT molecular complexity index is 1710. The summed E-state index contributed by atoms with van der Waals surface area (Å²) in [5, 5.41) is 5.04. The van der Waals surface area contributed by atoms with Gasteiger partial charge in [-0.2, -0.15) is 0 Å². The van der Waals surface area contributed by atoms with Crippen molar-refractivity contribution in [3.63, 3.8) is 0 Å². The molecule has 0 radical (unpaired) electrons. The van der Waals surface area contributed by atoms with Gasteiger partial charge in [-0.25, -0.2) is 9.78 Å². The third-order valence-corrected chi connectivity index (χ3v) is 16.5. The highest BCUT2D eigenvalue weighted by Gasteiger charge is 2.71. The minimum absolute atomic E-state index is 0.0673. The van der Waals surface area contributed by atoms with E-state index in [0.29, 0.717) is 47.6 Å². The molecule has 10 nitrogen and oxygen atoms in total. The number of allylic oxidation sites excluding steroid dienone is 1. The Labute approximate surface area is 323 Å². The van der Waals surface area contributed by atoms with Crippen molar-refractivity contribution >= 4 is 23.8 Å². The highest BCUT2D eigenvalue weighted by Crippen LogP contribution is 2.77. The van der Waals surface area contributed by atoms with Gasteiger partial charge in [0.05, 0.1) is 30.2 Å². The summed E-state index contributed by atoms with van der Waals surface area (Å²) < 4.78 is 12.4. The summed E-state index contributed by atoms with van der Waals surface area (Å²) in [5.74, 6) is 0.807. The van der Waals surface area contributed by atoms with Crippen LogP contribution < -0.4 is 10.6 Å². The summed E-state index contributed by atoms with van der Waals surface area (Å²) in [6.07, 6.45) is 10.5. The third-order valence-electron chi connectivity index (χ3n) is 16.5. The molecule has 1 aromatic rings. The fourth-order valence-electron chi connectivity index (χ4n) is 13.5. The van der Waals surface area contributed by atoms with E-state index in [1.807, 2.05) is 20.8 Å². The second kappa shape index (κ2) is 14.3. The SMILES string of the molecule is C=C(C)[C@@H]1CC[C@]2(COC(=O)c3nc(C)c(C)nc3C)CC[C@]3(C)[C@H](CC[C@@H]4[C@@]5(C)CC[C@H](OC(=O)CNC(=O)CNC(C)=O)C(C)(C)[C@@H]5CC[C@]43C)[C@@H]12. The fraction of sp³-hybridized carbons (Fsp3) is 0.773. The number of rotatable bonds is 9. The summed E-state index contributed by atoms with van der Waals surface area (Å²) in [6, 6.07) is 0. The minimum Gasteiger partial charge on any atom is -0.460 e. The smallest absolute Gasteiger partial charge is 0.358 e. The highest BCUT2D eigenvalue weighted by molar-refractivity contribution is 5.88. The maximum absolute atomic E-state index is 13.6. The van der Waals surface area contributed by atoms with Crippen LogP contribution in [-0.4, -0.2) is 59.5 Å². The van der Waals surface area contributed by atoms with Gasteiger partial charge in [0.15, 0.2) is 5.69 Å². The number of nitrogens with zero attached hydrogens (tertiary/aromatic N) is 2. The second-order valence-electron chi connectivity index (χ2n) is 19.5. The maximum atomic E-state index is 13.6. The largest absolute Gasteiger partial charge is 0.460 e. The molecule has 0 spiro atoms. The molecular formula is C44H66N4O6. The molecule has 0 saturated heterocycles. The van der Waals surface area contributed by atoms with E-state index >= 15 is 0 Å². The molecule has 1 heterocycles. The number of carbonyl (C=O) groups is 4. The quantitative estimate of drug-likeness (QED) is 0.197. The number of hydrogen-bond acceptors (Lipinski definition) is 8.